The molecule has 1 aromatic carbocycles. The maximum atomic E-state index is 12.8. The standard InChI is InChI=1S/C13H14F3NO4/c1-7(11(19)17(2)3)21-12(20)9-6-8(18)4-5-10(9)13(14,15)16/h4-7,18H,1-3H3/t7-/m0/s1. The van der Waals surface area contributed by atoms with E-state index in [0.29, 0.717) is 12.1 Å². The fourth-order valence-corrected chi connectivity index (χ4v) is 1.59. The molecule has 0 heterocycles. The van der Waals surface area contributed by atoms with E-state index in [1.807, 2.05) is 0 Å². The van der Waals surface area contributed by atoms with Gasteiger partial charge in [-0.15, -0.1) is 0 Å². The van der Waals surface area contributed by atoms with Crippen molar-refractivity contribution in [3.63, 3.8) is 0 Å². The van der Waals surface area contributed by atoms with Gasteiger partial charge in [-0.05, 0) is 25.1 Å². The lowest BCUT2D eigenvalue weighted by molar-refractivity contribution is -0.138. The number of carbonyl (C=O) groups excluding carboxylic acids is 2. The number of phenols is 1. The first-order chi connectivity index (χ1) is 9.54. The molecular weight excluding hydrogens is 291 g/mol. The van der Waals surface area contributed by atoms with Gasteiger partial charge in [-0.1, -0.05) is 0 Å². The van der Waals surface area contributed by atoms with Crippen molar-refractivity contribution in [3.8, 4) is 5.75 Å². The number of hydrogen-bond donors (Lipinski definition) is 1. The van der Waals surface area contributed by atoms with Crippen LogP contribution < -0.4 is 0 Å². The zero-order valence-electron chi connectivity index (χ0n) is 11.6. The van der Waals surface area contributed by atoms with Crippen LogP contribution in [-0.4, -0.2) is 42.1 Å². The fraction of sp³-hybridized carbons (Fsp3) is 0.385. The number of esters is 1. The van der Waals surface area contributed by atoms with Gasteiger partial charge in [0.05, 0.1) is 11.1 Å². The van der Waals surface area contributed by atoms with E-state index in [0.717, 1.165) is 11.0 Å². The molecule has 1 amide bonds. The predicted molar refractivity (Wildman–Crippen MR) is 66.7 cm³/mol. The molecular formula is C13H14F3NO4. The van der Waals surface area contributed by atoms with Crippen LogP contribution in [0.2, 0.25) is 0 Å². The van der Waals surface area contributed by atoms with Crippen LogP contribution in [-0.2, 0) is 15.7 Å². The molecule has 0 radical (unpaired) electrons. The van der Waals surface area contributed by atoms with Crippen LogP contribution in [0, 0.1) is 0 Å². The van der Waals surface area contributed by atoms with Crippen molar-refractivity contribution in [2.45, 2.75) is 19.2 Å². The number of nitrogens with zero attached hydrogens (tertiary/aromatic N) is 1. The van der Waals surface area contributed by atoms with Crippen molar-refractivity contribution in [2.75, 3.05) is 14.1 Å². The number of rotatable bonds is 3. The molecule has 21 heavy (non-hydrogen) atoms. The SMILES string of the molecule is C[C@H](OC(=O)c1cc(O)ccc1C(F)(F)F)C(=O)N(C)C. The zero-order chi connectivity index (χ0) is 16.4. The van der Waals surface area contributed by atoms with Crippen LogP contribution in [0.25, 0.3) is 0 Å². The van der Waals surface area contributed by atoms with Gasteiger partial charge in [0.25, 0.3) is 5.91 Å². The van der Waals surface area contributed by atoms with Gasteiger partial charge in [0, 0.05) is 14.1 Å². The smallest absolute Gasteiger partial charge is 0.417 e. The van der Waals surface area contributed by atoms with Gasteiger partial charge in [0.2, 0.25) is 0 Å². The van der Waals surface area contributed by atoms with Gasteiger partial charge in [-0.2, -0.15) is 13.2 Å². The highest BCUT2D eigenvalue weighted by molar-refractivity contribution is 5.94. The summed E-state index contributed by atoms with van der Waals surface area (Å²) in [5.41, 5.74) is -2.09. The third-order valence-corrected chi connectivity index (χ3v) is 2.60. The van der Waals surface area contributed by atoms with E-state index in [-0.39, 0.29) is 0 Å². The Morgan fingerprint density at radius 3 is 2.33 bits per heavy atom. The van der Waals surface area contributed by atoms with Crippen molar-refractivity contribution in [1.82, 2.24) is 4.90 Å². The summed E-state index contributed by atoms with van der Waals surface area (Å²) in [7, 11) is 2.84. The van der Waals surface area contributed by atoms with Crippen LogP contribution >= 0.6 is 0 Å². The van der Waals surface area contributed by atoms with E-state index in [2.05, 4.69) is 0 Å². The second-order valence-electron chi connectivity index (χ2n) is 4.51. The van der Waals surface area contributed by atoms with E-state index < -0.39 is 41.0 Å². The topological polar surface area (TPSA) is 66.8 Å². The van der Waals surface area contributed by atoms with Gasteiger partial charge in [0.1, 0.15) is 5.75 Å². The largest absolute Gasteiger partial charge is 0.508 e. The van der Waals surface area contributed by atoms with Crippen molar-refractivity contribution < 1.29 is 32.6 Å². The fourth-order valence-electron chi connectivity index (χ4n) is 1.59. The monoisotopic (exact) mass is 305 g/mol. The number of halogens is 3. The molecule has 1 rings (SSSR count). The number of aromatic hydroxyl groups is 1. The molecule has 0 saturated carbocycles. The van der Waals surface area contributed by atoms with E-state index >= 15 is 0 Å². The highest BCUT2D eigenvalue weighted by atomic mass is 19.4. The van der Waals surface area contributed by atoms with Gasteiger partial charge >= 0.3 is 12.1 Å². The summed E-state index contributed by atoms with van der Waals surface area (Å²) in [6.07, 6.45) is -6.02. The van der Waals surface area contributed by atoms with E-state index in [1.54, 1.807) is 0 Å². The quantitative estimate of drug-likeness (QED) is 0.868. The lowest BCUT2D eigenvalue weighted by Crippen LogP contribution is -2.35. The molecule has 0 spiro atoms. The van der Waals surface area contributed by atoms with E-state index in [4.69, 9.17) is 4.74 Å². The second kappa shape index (κ2) is 6.02. The lowest BCUT2D eigenvalue weighted by atomic mass is 10.1. The molecule has 0 aliphatic rings. The van der Waals surface area contributed by atoms with E-state index in [9.17, 15) is 27.9 Å². The van der Waals surface area contributed by atoms with E-state index in [1.165, 1.54) is 21.0 Å². The minimum atomic E-state index is -4.78. The Bertz CT molecular complexity index is 555. The lowest BCUT2D eigenvalue weighted by Gasteiger charge is -2.18. The Morgan fingerprint density at radius 1 is 1.29 bits per heavy atom. The minimum absolute atomic E-state index is 0.512. The number of likely N-dealkylation sites (N-methyl/N-ethyl adjacent to an activating group) is 1. The molecule has 0 aromatic heterocycles. The number of benzene rings is 1. The van der Waals surface area contributed by atoms with Crippen LogP contribution in [0.3, 0.4) is 0 Å². The summed E-state index contributed by atoms with van der Waals surface area (Å²) < 4.78 is 43.1. The first-order valence-corrected chi connectivity index (χ1v) is 5.86. The summed E-state index contributed by atoms with van der Waals surface area (Å²) in [6.45, 7) is 1.25. The molecule has 8 heteroatoms. The second-order valence-corrected chi connectivity index (χ2v) is 4.51. The van der Waals surface area contributed by atoms with Crippen LogP contribution in [0.15, 0.2) is 18.2 Å². The van der Waals surface area contributed by atoms with Crippen molar-refractivity contribution >= 4 is 11.9 Å². The van der Waals surface area contributed by atoms with Gasteiger partial charge in [-0.25, -0.2) is 4.79 Å². The van der Waals surface area contributed by atoms with Gasteiger partial charge in [-0.3, -0.25) is 4.79 Å². The van der Waals surface area contributed by atoms with Crippen LogP contribution in [0.4, 0.5) is 13.2 Å². The van der Waals surface area contributed by atoms with Crippen LogP contribution in [0.1, 0.15) is 22.8 Å². The zero-order valence-corrected chi connectivity index (χ0v) is 11.6. The summed E-state index contributed by atoms with van der Waals surface area (Å²) in [6, 6.07) is 2.04. The molecule has 0 bridgehead atoms. The maximum absolute atomic E-state index is 12.8. The average molecular weight is 305 g/mol. The molecule has 116 valence electrons. The molecule has 1 aromatic rings. The predicted octanol–water partition coefficient (Wildman–Crippen LogP) is 2.04. The third-order valence-electron chi connectivity index (χ3n) is 2.60. The summed E-state index contributed by atoms with van der Waals surface area (Å²) in [5.74, 6) is -2.42. The van der Waals surface area contributed by atoms with Gasteiger partial charge < -0.3 is 14.7 Å². The molecule has 0 aliphatic heterocycles. The molecule has 0 unspecified atom stereocenters. The van der Waals surface area contributed by atoms with Gasteiger partial charge in [0.15, 0.2) is 6.10 Å². The Labute approximate surface area is 118 Å². The highest BCUT2D eigenvalue weighted by Crippen LogP contribution is 2.34. The third kappa shape index (κ3) is 4.11. The molecule has 1 N–H and O–H groups in total. The number of alkyl halides is 3. The van der Waals surface area contributed by atoms with Crippen LogP contribution in [0.5, 0.6) is 5.75 Å². The Balaban J connectivity index is 3.08. The number of amides is 1. The number of ether oxygens (including phenoxy) is 1. The first-order valence-electron chi connectivity index (χ1n) is 5.86. The molecule has 0 aliphatic carbocycles. The normalized spacial score (nSPS) is 12.7. The Morgan fingerprint density at radius 2 is 1.86 bits per heavy atom. The number of phenolic OH excluding ortho intramolecular Hbond substituents is 1. The first kappa shape index (κ1) is 16.8. The van der Waals surface area contributed by atoms with Crippen molar-refractivity contribution in [1.29, 1.82) is 0 Å². The average Bonchev–Trinajstić information content (AvgIpc) is 2.35. The summed E-state index contributed by atoms with van der Waals surface area (Å²) in [5, 5.41) is 9.23. The maximum Gasteiger partial charge on any atom is 0.417 e. The minimum Gasteiger partial charge on any atom is -0.508 e. The van der Waals surface area contributed by atoms with Crippen molar-refractivity contribution in [2.24, 2.45) is 0 Å². The number of hydrogen-bond acceptors (Lipinski definition) is 4. The summed E-state index contributed by atoms with van der Waals surface area (Å²) >= 11 is 0. The Kier molecular flexibility index (Phi) is 4.82. The molecule has 1 atom stereocenters. The molecule has 0 saturated heterocycles. The summed E-state index contributed by atoms with van der Waals surface area (Å²) in [4.78, 5) is 24.5. The molecule has 0 fully saturated rings. The Hall–Kier alpha value is -2.25. The number of carbonyl (C=O) groups is 2. The highest BCUT2D eigenvalue weighted by Gasteiger charge is 2.36. The van der Waals surface area contributed by atoms with Crippen molar-refractivity contribution in [3.05, 3.63) is 29.3 Å². The molecule has 5 nitrogen and oxygen atoms in total.